The molecular formula is C18H23FN4O2. The Morgan fingerprint density at radius 2 is 2.00 bits per heavy atom. The Bertz CT molecular complexity index is 736. The Morgan fingerprint density at radius 1 is 1.28 bits per heavy atom. The number of carbonyl (C=O) groups excluding carboxylic acids is 1. The number of hydrogen-bond acceptors (Lipinski definition) is 4. The zero-order valence-corrected chi connectivity index (χ0v) is 14.8. The minimum atomic E-state index is -0.309. The molecular weight excluding hydrogens is 323 g/mol. The quantitative estimate of drug-likeness (QED) is 0.902. The van der Waals surface area contributed by atoms with Crippen molar-refractivity contribution in [3.8, 4) is 11.5 Å². The molecule has 0 aliphatic carbocycles. The number of likely N-dealkylation sites (tertiary alicyclic amines) is 1. The third kappa shape index (κ3) is 4.35. The molecule has 2 aromatic rings. The number of nitrogens with one attached hydrogen (secondary N) is 1. The fourth-order valence-electron chi connectivity index (χ4n) is 2.87. The molecule has 0 saturated carbocycles. The van der Waals surface area contributed by atoms with Crippen LogP contribution in [0.25, 0.3) is 11.5 Å². The highest BCUT2D eigenvalue weighted by Crippen LogP contribution is 2.28. The monoisotopic (exact) mass is 346 g/mol. The second-order valence-corrected chi connectivity index (χ2v) is 7.42. The van der Waals surface area contributed by atoms with Gasteiger partial charge in [-0.15, -0.1) is 10.2 Å². The van der Waals surface area contributed by atoms with E-state index in [0.717, 1.165) is 19.4 Å². The summed E-state index contributed by atoms with van der Waals surface area (Å²) in [7, 11) is 0. The van der Waals surface area contributed by atoms with Crippen molar-refractivity contribution < 1.29 is 13.6 Å². The fourth-order valence-corrected chi connectivity index (χ4v) is 2.87. The van der Waals surface area contributed by atoms with E-state index in [4.69, 9.17) is 4.42 Å². The number of urea groups is 1. The van der Waals surface area contributed by atoms with Crippen molar-refractivity contribution in [3.63, 3.8) is 0 Å². The molecule has 7 heteroatoms. The molecule has 1 aliphatic heterocycles. The number of amides is 2. The number of nitrogens with zero attached hydrogens (tertiary/aromatic N) is 3. The van der Waals surface area contributed by atoms with Crippen molar-refractivity contribution in [2.75, 3.05) is 13.1 Å². The van der Waals surface area contributed by atoms with Gasteiger partial charge >= 0.3 is 6.03 Å². The van der Waals surface area contributed by atoms with Crippen LogP contribution in [0.15, 0.2) is 28.7 Å². The van der Waals surface area contributed by atoms with E-state index in [1.54, 1.807) is 17.0 Å². The van der Waals surface area contributed by atoms with Gasteiger partial charge in [-0.2, -0.15) is 0 Å². The maximum atomic E-state index is 13.0. The zero-order chi connectivity index (χ0) is 18.0. The first-order chi connectivity index (χ1) is 11.8. The highest BCUT2D eigenvalue weighted by atomic mass is 19.1. The van der Waals surface area contributed by atoms with Gasteiger partial charge in [-0.3, -0.25) is 0 Å². The van der Waals surface area contributed by atoms with Crippen LogP contribution in [-0.4, -0.2) is 39.8 Å². The molecule has 134 valence electrons. The molecule has 1 fully saturated rings. The van der Waals surface area contributed by atoms with Gasteiger partial charge in [0.05, 0.1) is 5.92 Å². The van der Waals surface area contributed by atoms with E-state index in [0.29, 0.717) is 23.9 Å². The maximum Gasteiger partial charge on any atom is 0.317 e. The summed E-state index contributed by atoms with van der Waals surface area (Å²) in [6, 6.07) is 5.86. The first-order valence-electron chi connectivity index (χ1n) is 8.48. The summed E-state index contributed by atoms with van der Waals surface area (Å²) in [6.45, 7) is 7.14. The summed E-state index contributed by atoms with van der Waals surface area (Å²) in [6.07, 6.45) is 1.78. The smallest absolute Gasteiger partial charge is 0.317 e. The lowest BCUT2D eigenvalue weighted by molar-refractivity contribution is 0.167. The van der Waals surface area contributed by atoms with Gasteiger partial charge in [0.2, 0.25) is 11.8 Å². The molecule has 1 saturated heterocycles. The molecule has 1 unspecified atom stereocenters. The van der Waals surface area contributed by atoms with E-state index < -0.39 is 0 Å². The molecule has 1 N–H and O–H groups in total. The van der Waals surface area contributed by atoms with Gasteiger partial charge in [-0.1, -0.05) is 0 Å². The van der Waals surface area contributed by atoms with Crippen LogP contribution in [0.4, 0.5) is 9.18 Å². The second kappa shape index (κ2) is 6.82. The summed E-state index contributed by atoms with van der Waals surface area (Å²) in [5.74, 6) is 0.594. The van der Waals surface area contributed by atoms with Crippen molar-refractivity contribution in [1.82, 2.24) is 20.4 Å². The number of benzene rings is 1. The van der Waals surface area contributed by atoms with Crippen molar-refractivity contribution in [2.45, 2.75) is 45.1 Å². The number of hydrogen-bond donors (Lipinski definition) is 1. The highest BCUT2D eigenvalue weighted by molar-refractivity contribution is 5.75. The molecule has 0 radical (unpaired) electrons. The molecule has 1 aromatic heterocycles. The van der Waals surface area contributed by atoms with E-state index in [1.807, 2.05) is 20.8 Å². The first kappa shape index (κ1) is 17.4. The third-order valence-electron chi connectivity index (χ3n) is 4.07. The van der Waals surface area contributed by atoms with Gasteiger partial charge < -0.3 is 14.6 Å². The number of carbonyl (C=O) groups is 1. The number of aromatic nitrogens is 2. The van der Waals surface area contributed by atoms with E-state index in [1.165, 1.54) is 12.1 Å². The van der Waals surface area contributed by atoms with Gasteiger partial charge in [0.1, 0.15) is 5.82 Å². The summed E-state index contributed by atoms with van der Waals surface area (Å²) in [5.41, 5.74) is 0.405. The van der Waals surface area contributed by atoms with Crippen molar-refractivity contribution >= 4 is 6.03 Å². The molecule has 6 nitrogen and oxygen atoms in total. The average molecular weight is 346 g/mol. The van der Waals surface area contributed by atoms with Gasteiger partial charge in [-0.05, 0) is 57.9 Å². The minimum Gasteiger partial charge on any atom is -0.420 e. The predicted molar refractivity (Wildman–Crippen MR) is 91.5 cm³/mol. The Balaban J connectivity index is 1.70. The van der Waals surface area contributed by atoms with E-state index in [-0.39, 0.29) is 23.3 Å². The average Bonchev–Trinajstić information content (AvgIpc) is 3.04. The summed E-state index contributed by atoms with van der Waals surface area (Å²) < 4.78 is 18.8. The maximum absolute atomic E-state index is 13.0. The predicted octanol–water partition coefficient (Wildman–Crippen LogP) is 3.56. The van der Waals surface area contributed by atoms with E-state index >= 15 is 0 Å². The van der Waals surface area contributed by atoms with E-state index in [2.05, 4.69) is 15.5 Å². The second-order valence-electron chi connectivity index (χ2n) is 7.42. The van der Waals surface area contributed by atoms with Crippen LogP contribution in [0.3, 0.4) is 0 Å². The molecule has 1 atom stereocenters. The van der Waals surface area contributed by atoms with Crippen molar-refractivity contribution in [2.24, 2.45) is 0 Å². The summed E-state index contributed by atoms with van der Waals surface area (Å²) >= 11 is 0. The van der Waals surface area contributed by atoms with Crippen molar-refractivity contribution in [3.05, 3.63) is 36.0 Å². The van der Waals surface area contributed by atoms with Crippen LogP contribution in [-0.2, 0) is 0 Å². The van der Waals surface area contributed by atoms with Crippen LogP contribution in [0.2, 0.25) is 0 Å². The third-order valence-corrected chi connectivity index (χ3v) is 4.07. The minimum absolute atomic E-state index is 0.0150. The molecule has 2 heterocycles. The number of piperidine rings is 1. The SMILES string of the molecule is CC(C)(C)NC(=O)N1CCCC(c2nnc(-c3ccc(F)cc3)o2)C1. The summed E-state index contributed by atoms with van der Waals surface area (Å²) in [4.78, 5) is 14.2. The fraction of sp³-hybridized carbons (Fsp3) is 0.500. The Labute approximate surface area is 146 Å². The van der Waals surface area contributed by atoms with Gasteiger partial charge in [-0.25, -0.2) is 9.18 Å². The molecule has 3 rings (SSSR count). The Hall–Kier alpha value is -2.44. The highest BCUT2D eigenvalue weighted by Gasteiger charge is 2.29. The summed E-state index contributed by atoms with van der Waals surface area (Å²) in [5, 5.41) is 11.2. The van der Waals surface area contributed by atoms with Crippen LogP contribution in [0.1, 0.15) is 45.4 Å². The molecule has 1 aromatic carbocycles. The lowest BCUT2D eigenvalue weighted by Gasteiger charge is -2.33. The van der Waals surface area contributed by atoms with Gasteiger partial charge in [0, 0.05) is 24.2 Å². The van der Waals surface area contributed by atoms with Gasteiger partial charge in [0.15, 0.2) is 0 Å². The molecule has 1 aliphatic rings. The lowest BCUT2D eigenvalue weighted by Crippen LogP contribution is -2.51. The molecule has 2 amide bonds. The number of rotatable bonds is 2. The normalized spacial score (nSPS) is 18.2. The number of halogens is 1. The lowest BCUT2D eigenvalue weighted by atomic mass is 9.98. The van der Waals surface area contributed by atoms with E-state index in [9.17, 15) is 9.18 Å². The van der Waals surface area contributed by atoms with Crippen LogP contribution < -0.4 is 5.32 Å². The van der Waals surface area contributed by atoms with Crippen LogP contribution in [0.5, 0.6) is 0 Å². The van der Waals surface area contributed by atoms with Crippen molar-refractivity contribution in [1.29, 1.82) is 0 Å². The Morgan fingerprint density at radius 3 is 2.68 bits per heavy atom. The molecule has 25 heavy (non-hydrogen) atoms. The standard InChI is InChI=1S/C18H23FN4O2/c1-18(2,3)20-17(24)23-10-4-5-13(11-23)16-22-21-15(25-16)12-6-8-14(19)9-7-12/h6-9,13H,4-5,10-11H2,1-3H3,(H,20,24). The largest absolute Gasteiger partial charge is 0.420 e. The zero-order valence-electron chi connectivity index (χ0n) is 14.8. The first-order valence-corrected chi connectivity index (χ1v) is 8.48. The molecule has 0 spiro atoms. The van der Waals surface area contributed by atoms with Gasteiger partial charge in [0.25, 0.3) is 0 Å². The topological polar surface area (TPSA) is 71.3 Å². The molecule has 0 bridgehead atoms. The Kier molecular flexibility index (Phi) is 4.74. The van der Waals surface area contributed by atoms with Crippen LogP contribution >= 0.6 is 0 Å². The van der Waals surface area contributed by atoms with Crippen LogP contribution in [0, 0.1) is 5.82 Å².